The monoisotopic (exact) mass is 450 g/mol. The predicted octanol–water partition coefficient (Wildman–Crippen LogP) is 3.10. The molecule has 1 amide bonds. The summed E-state index contributed by atoms with van der Waals surface area (Å²) in [5.74, 6) is -2.79. The van der Waals surface area contributed by atoms with Crippen molar-refractivity contribution < 1.29 is 22.0 Å². The van der Waals surface area contributed by atoms with Crippen molar-refractivity contribution in [1.29, 1.82) is 0 Å². The molecule has 1 saturated heterocycles. The molecule has 2 heterocycles. The fourth-order valence-electron chi connectivity index (χ4n) is 4.09. The lowest BCUT2D eigenvalue weighted by Crippen LogP contribution is -2.30. The maximum absolute atomic E-state index is 13.9. The number of carbonyl (C=O) groups excluding carboxylic acids is 1. The molecule has 0 spiro atoms. The lowest BCUT2D eigenvalue weighted by atomic mass is 10.1. The zero-order valence-corrected chi connectivity index (χ0v) is 17.7. The molecule has 166 valence electrons. The van der Waals surface area contributed by atoms with Gasteiger partial charge in [0.2, 0.25) is 15.9 Å². The molecular weight excluding hydrogens is 426 g/mol. The number of rotatable bonds is 4. The van der Waals surface area contributed by atoms with Gasteiger partial charge < -0.3 is 10.2 Å². The van der Waals surface area contributed by atoms with Gasteiger partial charge in [0, 0.05) is 37.3 Å². The Labute approximate surface area is 179 Å². The first kappa shape index (κ1) is 21.6. The summed E-state index contributed by atoms with van der Waals surface area (Å²) in [6.45, 7) is 0.503. The first-order valence-electron chi connectivity index (χ1n) is 10.2. The highest BCUT2D eigenvalue weighted by molar-refractivity contribution is 7.89. The third-order valence-corrected chi connectivity index (χ3v) is 6.62. The molecule has 2 aliphatic rings. The number of carbonyl (C=O) groups is 1. The van der Waals surface area contributed by atoms with Gasteiger partial charge in [0.15, 0.2) is 0 Å². The Balaban J connectivity index is 1.67. The molecule has 1 aliphatic carbocycles. The zero-order valence-electron chi connectivity index (χ0n) is 16.9. The van der Waals surface area contributed by atoms with Gasteiger partial charge in [-0.1, -0.05) is 6.07 Å². The van der Waals surface area contributed by atoms with Crippen LogP contribution in [0.25, 0.3) is 0 Å². The molecule has 1 aliphatic heterocycles. The van der Waals surface area contributed by atoms with Crippen molar-refractivity contribution in [2.75, 3.05) is 23.3 Å². The number of halogens is 2. The van der Waals surface area contributed by atoms with Crippen LogP contribution in [-0.2, 0) is 22.9 Å². The molecule has 2 aromatic rings. The molecule has 0 radical (unpaired) electrons. The Morgan fingerprint density at radius 1 is 1.13 bits per heavy atom. The van der Waals surface area contributed by atoms with E-state index in [0.717, 1.165) is 30.5 Å². The number of hydrogen-bond donors (Lipinski definition) is 2. The van der Waals surface area contributed by atoms with Crippen molar-refractivity contribution >= 4 is 27.4 Å². The second-order valence-corrected chi connectivity index (χ2v) is 9.60. The standard InChI is InChI=1S/C21H24F2N4O3S/c22-21(23)8-3-10-27(11-9-21)19-17(12-14-4-1-7-18(14)26-19)20(28)25-15-5-2-6-16(13-15)31(24,29)30/h2,5-6,12-13H,1,3-4,7-11H2,(H,25,28)(H2,24,29,30). The number of primary sulfonamides is 1. The number of sulfonamides is 1. The van der Waals surface area contributed by atoms with Crippen LogP contribution >= 0.6 is 0 Å². The van der Waals surface area contributed by atoms with E-state index in [2.05, 4.69) is 5.32 Å². The molecule has 3 N–H and O–H groups in total. The lowest BCUT2D eigenvalue weighted by Gasteiger charge is -2.25. The number of anilines is 2. The topological polar surface area (TPSA) is 105 Å². The number of pyridine rings is 1. The van der Waals surface area contributed by atoms with E-state index >= 15 is 0 Å². The molecule has 31 heavy (non-hydrogen) atoms. The van der Waals surface area contributed by atoms with Gasteiger partial charge in [-0.25, -0.2) is 27.3 Å². The quantitative estimate of drug-likeness (QED) is 0.745. The van der Waals surface area contributed by atoms with Crippen LogP contribution < -0.4 is 15.4 Å². The van der Waals surface area contributed by atoms with Crippen molar-refractivity contribution in [2.45, 2.75) is 49.3 Å². The van der Waals surface area contributed by atoms with Gasteiger partial charge in [-0.2, -0.15) is 0 Å². The Kier molecular flexibility index (Phi) is 5.69. The number of nitrogens with one attached hydrogen (secondary N) is 1. The van der Waals surface area contributed by atoms with Crippen molar-refractivity contribution in [3.8, 4) is 0 Å². The number of amides is 1. The average Bonchev–Trinajstić information content (AvgIpc) is 3.08. The van der Waals surface area contributed by atoms with Crippen LogP contribution in [-0.4, -0.2) is 38.3 Å². The molecule has 1 aromatic carbocycles. The molecule has 1 aromatic heterocycles. The van der Waals surface area contributed by atoms with Crippen molar-refractivity contribution in [2.24, 2.45) is 5.14 Å². The van der Waals surface area contributed by atoms with Crippen LogP contribution in [0, 0.1) is 0 Å². The molecular formula is C21H24F2N4O3S. The lowest BCUT2D eigenvalue weighted by molar-refractivity contribution is -0.0102. The molecule has 1 fully saturated rings. The van der Waals surface area contributed by atoms with Gasteiger partial charge in [-0.3, -0.25) is 4.79 Å². The average molecular weight is 451 g/mol. The highest BCUT2D eigenvalue weighted by Crippen LogP contribution is 2.33. The number of nitrogens with zero attached hydrogens (tertiary/aromatic N) is 2. The number of benzene rings is 1. The molecule has 10 heteroatoms. The van der Waals surface area contributed by atoms with E-state index < -0.39 is 21.9 Å². The fraction of sp³-hybridized carbons (Fsp3) is 0.429. The maximum Gasteiger partial charge on any atom is 0.259 e. The normalized spacial score (nSPS) is 18.4. The molecule has 7 nitrogen and oxygen atoms in total. The summed E-state index contributed by atoms with van der Waals surface area (Å²) < 4.78 is 50.9. The molecule has 0 atom stereocenters. The maximum atomic E-state index is 13.9. The number of nitrogens with two attached hydrogens (primary N) is 1. The first-order valence-corrected chi connectivity index (χ1v) is 11.8. The predicted molar refractivity (Wildman–Crippen MR) is 113 cm³/mol. The molecule has 0 saturated carbocycles. The number of hydrogen-bond acceptors (Lipinski definition) is 5. The van der Waals surface area contributed by atoms with Crippen LogP contribution in [0.2, 0.25) is 0 Å². The molecule has 4 rings (SSSR count). The van der Waals surface area contributed by atoms with Crippen molar-refractivity contribution in [3.05, 3.63) is 47.2 Å². The number of aryl methyl sites for hydroxylation is 2. The van der Waals surface area contributed by atoms with Crippen LogP contribution in [0.3, 0.4) is 0 Å². The van der Waals surface area contributed by atoms with Crippen LogP contribution in [0.15, 0.2) is 35.2 Å². The summed E-state index contributed by atoms with van der Waals surface area (Å²) in [6, 6.07) is 7.44. The summed E-state index contributed by atoms with van der Waals surface area (Å²) >= 11 is 0. The SMILES string of the molecule is NS(=O)(=O)c1cccc(NC(=O)c2cc3c(nc2N2CCCC(F)(F)CC2)CCC3)c1. The minimum atomic E-state index is -3.92. The van der Waals surface area contributed by atoms with E-state index in [-0.39, 0.29) is 30.0 Å². The van der Waals surface area contributed by atoms with Crippen LogP contribution in [0.4, 0.5) is 20.3 Å². The third kappa shape index (κ3) is 4.85. The van der Waals surface area contributed by atoms with Crippen molar-refractivity contribution in [3.63, 3.8) is 0 Å². The summed E-state index contributed by atoms with van der Waals surface area (Å²) in [7, 11) is -3.92. The zero-order chi connectivity index (χ0) is 22.2. The second-order valence-electron chi connectivity index (χ2n) is 8.04. The summed E-state index contributed by atoms with van der Waals surface area (Å²) in [4.78, 5) is 19.5. The number of alkyl halides is 2. The van der Waals surface area contributed by atoms with E-state index in [0.29, 0.717) is 24.3 Å². The smallest absolute Gasteiger partial charge is 0.259 e. The highest BCUT2D eigenvalue weighted by Gasteiger charge is 2.33. The van der Waals surface area contributed by atoms with E-state index in [1.54, 1.807) is 17.0 Å². The molecule has 0 unspecified atom stereocenters. The van der Waals surface area contributed by atoms with Gasteiger partial charge in [0.05, 0.1) is 10.5 Å². The van der Waals surface area contributed by atoms with Gasteiger partial charge in [-0.15, -0.1) is 0 Å². The number of fused-ring (bicyclic) bond motifs is 1. The van der Waals surface area contributed by atoms with E-state index in [1.807, 2.05) is 0 Å². The Bertz CT molecular complexity index is 1120. The van der Waals surface area contributed by atoms with Gasteiger partial charge in [0.1, 0.15) is 5.82 Å². The van der Waals surface area contributed by atoms with E-state index in [4.69, 9.17) is 10.1 Å². The summed E-state index contributed by atoms with van der Waals surface area (Å²) in [5.41, 5.74) is 2.45. The van der Waals surface area contributed by atoms with Crippen LogP contribution in [0.5, 0.6) is 0 Å². The van der Waals surface area contributed by atoms with E-state index in [1.165, 1.54) is 18.2 Å². The first-order chi connectivity index (χ1) is 14.6. The van der Waals surface area contributed by atoms with Gasteiger partial charge in [-0.05, 0) is 55.5 Å². The van der Waals surface area contributed by atoms with Crippen LogP contribution in [0.1, 0.15) is 47.3 Å². The fourth-order valence-corrected chi connectivity index (χ4v) is 4.65. The molecule has 0 bridgehead atoms. The minimum absolute atomic E-state index is 0.111. The minimum Gasteiger partial charge on any atom is -0.356 e. The van der Waals surface area contributed by atoms with Gasteiger partial charge in [0.25, 0.3) is 5.91 Å². The third-order valence-electron chi connectivity index (χ3n) is 5.71. The Morgan fingerprint density at radius 3 is 2.71 bits per heavy atom. The van der Waals surface area contributed by atoms with Gasteiger partial charge >= 0.3 is 0 Å². The summed E-state index contributed by atoms with van der Waals surface area (Å²) in [5, 5.41) is 7.87. The largest absolute Gasteiger partial charge is 0.356 e. The summed E-state index contributed by atoms with van der Waals surface area (Å²) in [6.07, 6.45) is 2.37. The highest BCUT2D eigenvalue weighted by atomic mass is 32.2. The second kappa shape index (κ2) is 8.16. The number of aromatic nitrogens is 1. The Morgan fingerprint density at radius 2 is 1.94 bits per heavy atom. The Hall–Kier alpha value is -2.59. The van der Waals surface area contributed by atoms with Crippen molar-refractivity contribution in [1.82, 2.24) is 4.98 Å². The van der Waals surface area contributed by atoms with E-state index in [9.17, 15) is 22.0 Å².